The largest absolute Gasteiger partial charge is 0.388 e. The van der Waals surface area contributed by atoms with E-state index in [1.54, 1.807) is 6.07 Å². The van der Waals surface area contributed by atoms with Crippen LogP contribution < -0.4 is 0 Å². The lowest BCUT2D eigenvalue weighted by atomic mass is 9.87. The number of aliphatic hydroxyl groups is 1. The highest BCUT2D eigenvalue weighted by Crippen LogP contribution is 2.31. The highest BCUT2D eigenvalue weighted by molar-refractivity contribution is 6.04. The van der Waals surface area contributed by atoms with E-state index in [1.807, 2.05) is 47.4 Å². The van der Waals surface area contributed by atoms with Crippen molar-refractivity contribution in [2.45, 2.75) is 18.9 Å². The topological polar surface area (TPSA) is 82.1 Å². The molecule has 1 atom stereocenters. The van der Waals surface area contributed by atoms with Crippen LogP contribution >= 0.6 is 0 Å². The molecule has 1 aliphatic rings. The highest BCUT2D eigenvalue weighted by Gasteiger charge is 2.29. The number of nitrogens with zero attached hydrogens (tertiary/aromatic N) is 3. The van der Waals surface area contributed by atoms with E-state index < -0.39 is 6.10 Å². The van der Waals surface area contributed by atoms with E-state index in [0.717, 1.165) is 18.4 Å². The van der Waals surface area contributed by atoms with Crippen LogP contribution in [0.25, 0.3) is 11.0 Å². The Morgan fingerprint density at radius 2 is 1.84 bits per heavy atom. The third-order valence-electron chi connectivity index (χ3n) is 4.99. The summed E-state index contributed by atoms with van der Waals surface area (Å²) < 4.78 is 0. The van der Waals surface area contributed by atoms with Gasteiger partial charge in [-0.2, -0.15) is 15.4 Å². The molecule has 1 aromatic heterocycles. The number of fused-ring (bicyclic) bond motifs is 1. The van der Waals surface area contributed by atoms with Crippen LogP contribution in [0.3, 0.4) is 0 Å². The molecule has 4 rings (SSSR count). The second kappa shape index (κ2) is 6.64. The molecule has 3 aromatic rings. The van der Waals surface area contributed by atoms with Gasteiger partial charge in [-0.15, -0.1) is 0 Å². The van der Waals surface area contributed by atoms with Crippen molar-refractivity contribution in [3.63, 3.8) is 0 Å². The molecule has 0 spiro atoms. The maximum atomic E-state index is 12.8. The molecule has 1 amide bonds. The van der Waals surface area contributed by atoms with Gasteiger partial charge in [0.05, 0.1) is 11.7 Å². The number of aromatic amines is 1. The van der Waals surface area contributed by atoms with Gasteiger partial charge in [0.15, 0.2) is 0 Å². The number of piperidine rings is 1. The van der Waals surface area contributed by atoms with Crippen molar-refractivity contribution in [3.05, 3.63) is 59.7 Å². The highest BCUT2D eigenvalue weighted by atomic mass is 16.3. The number of likely N-dealkylation sites (tertiary alicyclic amines) is 1. The van der Waals surface area contributed by atoms with Crippen LogP contribution in [0, 0.1) is 5.92 Å². The van der Waals surface area contributed by atoms with Crippen LogP contribution in [-0.4, -0.2) is 44.4 Å². The van der Waals surface area contributed by atoms with Crippen LogP contribution in [0.1, 0.15) is 34.9 Å². The second-order valence-corrected chi connectivity index (χ2v) is 6.48. The standard InChI is InChI=1S/C19H20N4O2/c24-18(13-5-2-1-3-6-13)14-9-11-23(12-10-14)19(25)15-7-4-8-16-17(15)21-22-20-16/h1-8,14,18,24H,9-12H2,(H,20,21,22)/t18-/m0/s1. The van der Waals surface area contributed by atoms with Crippen LogP contribution in [0.2, 0.25) is 0 Å². The minimum atomic E-state index is -0.475. The van der Waals surface area contributed by atoms with Crippen molar-refractivity contribution in [1.29, 1.82) is 0 Å². The molecule has 25 heavy (non-hydrogen) atoms. The number of rotatable bonds is 3. The molecule has 0 bridgehead atoms. The van der Waals surface area contributed by atoms with E-state index >= 15 is 0 Å². The monoisotopic (exact) mass is 336 g/mol. The minimum absolute atomic E-state index is 0.0212. The number of carbonyl (C=O) groups excluding carboxylic acids is 1. The van der Waals surface area contributed by atoms with E-state index in [1.165, 1.54) is 0 Å². The SMILES string of the molecule is O=C(c1cccc2n[nH]nc12)N1CCC([C@@H](O)c2ccccc2)CC1. The third-order valence-corrected chi connectivity index (χ3v) is 4.99. The Morgan fingerprint density at radius 3 is 2.60 bits per heavy atom. The van der Waals surface area contributed by atoms with Crippen molar-refractivity contribution >= 4 is 16.9 Å². The number of benzene rings is 2. The van der Waals surface area contributed by atoms with Crippen LogP contribution in [0.4, 0.5) is 0 Å². The average Bonchev–Trinajstić information content (AvgIpc) is 3.16. The molecule has 6 nitrogen and oxygen atoms in total. The molecule has 128 valence electrons. The Balaban J connectivity index is 1.45. The van der Waals surface area contributed by atoms with Gasteiger partial charge >= 0.3 is 0 Å². The number of hydrogen-bond acceptors (Lipinski definition) is 4. The number of aromatic nitrogens is 3. The maximum absolute atomic E-state index is 12.8. The van der Waals surface area contributed by atoms with Crippen molar-refractivity contribution in [3.8, 4) is 0 Å². The molecule has 2 aromatic carbocycles. The molecule has 1 aliphatic heterocycles. The quantitative estimate of drug-likeness (QED) is 0.770. The summed E-state index contributed by atoms with van der Waals surface area (Å²) in [5.74, 6) is 0.154. The molecule has 2 heterocycles. The van der Waals surface area contributed by atoms with Gasteiger partial charge in [-0.05, 0) is 36.5 Å². The van der Waals surface area contributed by atoms with Gasteiger partial charge in [0.2, 0.25) is 0 Å². The Morgan fingerprint density at radius 1 is 1.08 bits per heavy atom. The number of amides is 1. The summed E-state index contributed by atoms with van der Waals surface area (Å²) in [7, 11) is 0. The van der Waals surface area contributed by atoms with Crippen LogP contribution in [0.15, 0.2) is 48.5 Å². The van der Waals surface area contributed by atoms with Gasteiger partial charge in [-0.3, -0.25) is 4.79 Å². The first-order valence-electron chi connectivity index (χ1n) is 8.56. The number of aliphatic hydroxyl groups excluding tert-OH is 1. The molecule has 1 saturated heterocycles. The predicted octanol–water partition coefficient (Wildman–Crippen LogP) is 2.54. The normalized spacial score (nSPS) is 16.9. The first-order chi connectivity index (χ1) is 12.2. The summed E-state index contributed by atoms with van der Waals surface area (Å²) in [5, 5.41) is 21.3. The first-order valence-corrected chi connectivity index (χ1v) is 8.56. The van der Waals surface area contributed by atoms with Gasteiger partial charge in [-0.25, -0.2) is 0 Å². The van der Waals surface area contributed by atoms with E-state index in [0.29, 0.717) is 29.7 Å². The minimum Gasteiger partial charge on any atom is -0.388 e. The van der Waals surface area contributed by atoms with Crippen molar-refractivity contribution in [1.82, 2.24) is 20.3 Å². The smallest absolute Gasteiger partial charge is 0.256 e. The van der Waals surface area contributed by atoms with Crippen molar-refractivity contribution in [2.75, 3.05) is 13.1 Å². The molecule has 0 unspecified atom stereocenters. The fourth-order valence-electron chi connectivity index (χ4n) is 3.55. The van der Waals surface area contributed by atoms with E-state index in [4.69, 9.17) is 0 Å². The van der Waals surface area contributed by atoms with Crippen molar-refractivity contribution < 1.29 is 9.90 Å². The fourth-order valence-corrected chi connectivity index (χ4v) is 3.55. The summed E-state index contributed by atoms with van der Waals surface area (Å²) in [6.07, 6.45) is 1.10. The Bertz CT molecular complexity index is 869. The van der Waals surface area contributed by atoms with Gasteiger partial charge in [0, 0.05) is 13.1 Å². The van der Waals surface area contributed by atoms with Gasteiger partial charge in [0.25, 0.3) is 5.91 Å². The molecular weight excluding hydrogens is 316 g/mol. The van der Waals surface area contributed by atoms with E-state index in [-0.39, 0.29) is 11.8 Å². The summed E-state index contributed by atoms with van der Waals surface area (Å²) >= 11 is 0. The summed E-state index contributed by atoms with van der Waals surface area (Å²) in [6, 6.07) is 15.2. The molecule has 1 fully saturated rings. The Labute approximate surface area is 145 Å². The van der Waals surface area contributed by atoms with Gasteiger partial charge < -0.3 is 10.0 Å². The van der Waals surface area contributed by atoms with Crippen molar-refractivity contribution in [2.24, 2.45) is 5.92 Å². The zero-order valence-electron chi connectivity index (χ0n) is 13.8. The number of para-hydroxylation sites is 1. The predicted molar refractivity (Wildman–Crippen MR) is 93.9 cm³/mol. The average molecular weight is 336 g/mol. The number of carbonyl (C=O) groups is 1. The third kappa shape index (κ3) is 3.00. The molecular formula is C19H20N4O2. The summed E-state index contributed by atoms with van der Waals surface area (Å²) in [5.41, 5.74) is 2.83. The number of H-pyrrole nitrogens is 1. The van der Waals surface area contributed by atoms with E-state index in [9.17, 15) is 9.90 Å². The molecule has 0 radical (unpaired) electrons. The lowest BCUT2D eigenvalue weighted by molar-refractivity contribution is 0.0463. The number of hydrogen-bond donors (Lipinski definition) is 2. The van der Waals surface area contributed by atoms with Crippen LogP contribution in [0.5, 0.6) is 0 Å². The molecule has 2 N–H and O–H groups in total. The first kappa shape index (κ1) is 15.8. The van der Waals surface area contributed by atoms with E-state index in [2.05, 4.69) is 15.4 Å². The maximum Gasteiger partial charge on any atom is 0.256 e. The molecule has 0 aliphatic carbocycles. The zero-order valence-corrected chi connectivity index (χ0v) is 13.8. The summed E-state index contributed by atoms with van der Waals surface area (Å²) in [6.45, 7) is 1.28. The second-order valence-electron chi connectivity index (χ2n) is 6.48. The van der Waals surface area contributed by atoms with Crippen LogP contribution in [-0.2, 0) is 0 Å². The molecule has 0 saturated carbocycles. The Hall–Kier alpha value is -2.73. The summed E-state index contributed by atoms with van der Waals surface area (Å²) in [4.78, 5) is 14.7. The lowest BCUT2D eigenvalue weighted by Crippen LogP contribution is -2.39. The Kier molecular flexibility index (Phi) is 4.19. The zero-order chi connectivity index (χ0) is 17.2. The number of nitrogens with one attached hydrogen (secondary N) is 1. The fraction of sp³-hybridized carbons (Fsp3) is 0.316. The molecule has 6 heteroatoms. The lowest BCUT2D eigenvalue weighted by Gasteiger charge is -2.34. The van der Waals surface area contributed by atoms with Gasteiger partial charge in [0.1, 0.15) is 11.0 Å². The van der Waals surface area contributed by atoms with Gasteiger partial charge in [-0.1, -0.05) is 36.4 Å².